The van der Waals surface area contributed by atoms with E-state index in [2.05, 4.69) is 34.9 Å². The number of amides is 2. The Labute approximate surface area is 184 Å². The number of hydrogen-bond acceptors (Lipinski definition) is 3. The summed E-state index contributed by atoms with van der Waals surface area (Å²) in [6.45, 7) is 4.07. The van der Waals surface area contributed by atoms with Gasteiger partial charge in [-0.1, -0.05) is 72.8 Å². The second-order valence-corrected chi connectivity index (χ2v) is 7.71. The largest absolute Gasteiger partial charge is 0.346 e. The molecule has 3 aromatic rings. The molecule has 0 unspecified atom stereocenters. The molecule has 3 aromatic carbocycles. The predicted octanol–water partition coefficient (Wildman–Crippen LogP) is 4.08. The summed E-state index contributed by atoms with van der Waals surface area (Å²) in [5.41, 5.74) is 5.12. The number of likely N-dealkylation sites (N-methyl/N-ethyl adjacent to an activating group) is 1. The summed E-state index contributed by atoms with van der Waals surface area (Å²) >= 11 is 0. The topological polar surface area (TPSA) is 61.4 Å². The number of benzene rings is 3. The first-order valence-corrected chi connectivity index (χ1v) is 10.4. The molecule has 0 bridgehead atoms. The Balaban J connectivity index is 1.60. The molecule has 2 N–H and O–H groups in total. The van der Waals surface area contributed by atoms with E-state index >= 15 is 0 Å². The summed E-state index contributed by atoms with van der Waals surface area (Å²) in [5.74, 6) is -0.442. The van der Waals surface area contributed by atoms with Crippen LogP contribution in [0.15, 0.2) is 78.9 Å². The van der Waals surface area contributed by atoms with Gasteiger partial charge in [0.15, 0.2) is 0 Å². The van der Waals surface area contributed by atoms with Crippen molar-refractivity contribution in [1.82, 2.24) is 10.2 Å². The second kappa shape index (κ2) is 10.5. The summed E-state index contributed by atoms with van der Waals surface area (Å²) in [4.78, 5) is 26.9. The van der Waals surface area contributed by atoms with Gasteiger partial charge in [-0.3, -0.25) is 14.5 Å². The van der Waals surface area contributed by atoms with Crippen LogP contribution in [0.5, 0.6) is 0 Å². The maximum Gasteiger partial charge on any atom is 0.243 e. The van der Waals surface area contributed by atoms with Crippen LogP contribution < -0.4 is 10.6 Å². The van der Waals surface area contributed by atoms with Crippen molar-refractivity contribution in [1.29, 1.82) is 0 Å². The van der Waals surface area contributed by atoms with Crippen molar-refractivity contribution >= 4 is 17.5 Å². The molecule has 0 aliphatic heterocycles. The molecule has 2 amide bonds. The van der Waals surface area contributed by atoms with Crippen molar-refractivity contribution in [2.75, 3.05) is 25.5 Å². The minimum atomic E-state index is -0.243. The van der Waals surface area contributed by atoms with Gasteiger partial charge in [0.2, 0.25) is 11.8 Å². The van der Waals surface area contributed by atoms with Gasteiger partial charge in [0.25, 0.3) is 0 Å². The highest BCUT2D eigenvalue weighted by atomic mass is 16.2. The average molecular weight is 416 g/mol. The van der Waals surface area contributed by atoms with E-state index in [9.17, 15) is 9.59 Å². The van der Waals surface area contributed by atoms with Crippen LogP contribution in [0.2, 0.25) is 0 Å². The van der Waals surface area contributed by atoms with Gasteiger partial charge >= 0.3 is 0 Å². The maximum atomic E-state index is 12.6. The van der Waals surface area contributed by atoms with Crippen molar-refractivity contribution < 1.29 is 9.59 Å². The van der Waals surface area contributed by atoms with Crippen molar-refractivity contribution in [3.8, 4) is 0 Å². The van der Waals surface area contributed by atoms with E-state index in [0.29, 0.717) is 0 Å². The fourth-order valence-corrected chi connectivity index (χ4v) is 3.61. The molecule has 0 heterocycles. The van der Waals surface area contributed by atoms with Crippen LogP contribution >= 0.6 is 0 Å². The summed E-state index contributed by atoms with van der Waals surface area (Å²) in [6.07, 6.45) is 0. The number of carbonyl (C=O) groups is 2. The van der Waals surface area contributed by atoms with Crippen LogP contribution in [0, 0.1) is 13.8 Å². The molecule has 0 radical (unpaired) electrons. The summed E-state index contributed by atoms with van der Waals surface area (Å²) in [7, 11) is 1.92. The van der Waals surface area contributed by atoms with Gasteiger partial charge < -0.3 is 10.6 Å². The first-order valence-electron chi connectivity index (χ1n) is 10.4. The van der Waals surface area contributed by atoms with Gasteiger partial charge in [0.05, 0.1) is 19.1 Å². The van der Waals surface area contributed by atoms with Crippen LogP contribution in [0.25, 0.3) is 0 Å². The van der Waals surface area contributed by atoms with E-state index in [1.54, 1.807) is 0 Å². The highest BCUT2D eigenvalue weighted by Gasteiger charge is 2.21. The SMILES string of the molecule is Cc1cccc(NC(=O)CNC(=O)CN(C)C(c2ccccc2)c2ccccc2)c1C. The van der Waals surface area contributed by atoms with Gasteiger partial charge in [0.1, 0.15) is 0 Å². The molecule has 0 saturated carbocycles. The van der Waals surface area contributed by atoms with E-state index in [1.165, 1.54) is 0 Å². The predicted molar refractivity (Wildman–Crippen MR) is 125 cm³/mol. The first kappa shape index (κ1) is 22.2. The van der Waals surface area contributed by atoms with Crippen LogP contribution in [-0.4, -0.2) is 36.9 Å². The van der Waals surface area contributed by atoms with E-state index < -0.39 is 0 Å². The molecule has 31 heavy (non-hydrogen) atoms. The van der Waals surface area contributed by atoms with Gasteiger partial charge in [-0.05, 0) is 49.2 Å². The Morgan fingerprint density at radius 3 is 1.97 bits per heavy atom. The Morgan fingerprint density at radius 2 is 1.39 bits per heavy atom. The number of hydrogen-bond donors (Lipinski definition) is 2. The lowest BCUT2D eigenvalue weighted by atomic mass is 9.97. The summed E-state index contributed by atoms with van der Waals surface area (Å²) in [5, 5.41) is 5.60. The van der Waals surface area contributed by atoms with Gasteiger partial charge in [0, 0.05) is 5.69 Å². The monoisotopic (exact) mass is 415 g/mol. The molecule has 3 rings (SSSR count). The van der Waals surface area contributed by atoms with Gasteiger partial charge in [-0.15, -0.1) is 0 Å². The maximum absolute atomic E-state index is 12.6. The molecule has 160 valence electrons. The quantitative estimate of drug-likeness (QED) is 0.583. The van der Waals surface area contributed by atoms with Crippen LogP contribution in [0.3, 0.4) is 0 Å². The molecule has 5 nitrogen and oxygen atoms in total. The molecule has 5 heteroatoms. The molecule has 0 aliphatic carbocycles. The van der Waals surface area contributed by atoms with E-state index in [0.717, 1.165) is 27.9 Å². The first-order chi connectivity index (χ1) is 15.0. The summed E-state index contributed by atoms with van der Waals surface area (Å²) < 4.78 is 0. The van der Waals surface area contributed by atoms with Crippen LogP contribution in [0.4, 0.5) is 5.69 Å². The normalized spacial score (nSPS) is 10.9. The second-order valence-electron chi connectivity index (χ2n) is 7.71. The Kier molecular flexibility index (Phi) is 7.57. The molecule has 0 fully saturated rings. The number of aryl methyl sites for hydroxylation is 1. The third-order valence-electron chi connectivity index (χ3n) is 5.39. The minimum Gasteiger partial charge on any atom is -0.346 e. The molecule has 0 spiro atoms. The van der Waals surface area contributed by atoms with Crippen molar-refractivity contribution in [3.05, 3.63) is 101 Å². The Bertz CT molecular complexity index is 980. The minimum absolute atomic E-state index is 0.0584. The Hall–Kier alpha value is -3.44. The van der Waals surface area contributed by atoms with Crippen molar-refractivity contribution in [2.45, 2.75) is 19.9 Å². The third-order valence-corrected chi connectivity index (χ3v) is 5.39. The Morgan fingerprint density at radius 1 is 0.806 bits per heavy atom. The lowest BCUT2D eigenvalue weighted by Gasteiger charge is -2.28. The van der Waals surface area contributed by atoms with E-state index in [4.69, 9.17) is 0 Å². The number of nitrogens with one attached hydrogen (secondary N) is 2. The lowest BCUT2D eigenvalue weighted by molar-refractivity contribution is -0.125. The zero-order valence-electron chi connectivity index (χ0n) is 18.3. The van der Waals surface area contributed by atoms with Crippen LogP contribution in [-0.2, 0) is 9.59 Å². The van der Waals surface area contributed by atoms with E-state index in [1.807, 2.05) is 80.4 Å². The molecule has 0 saturated heterocycles. The highest BCUT2D eigenvalue weighted by Crippen LogP contribution is 2.27. The number of nitrogens with zero attached hydrogens (tertiary/aromatic N) is 1. The molecule has 0 atom stereocenters. The zero-order valence-corrected chi connectivity index (χ0v) is 18.3. The zero-order chi connectivity index (χ0) is 22.2. The standard InChI is InChI=1S/C26H29N3O2/c1-19-11-10-16-23(20(19)2)28-24(30)17-27-25(31)18-29(3)26(21-12-6-4-7-13-21)22-14-8-5-9-15-22/h4-16,26H,17-18H2,1-3H3,(H,27,31)(H,28,30). The third kappa shape index (κ3) is 6.03. The van der Waals surface area contributed by atoms with Crippen molar-refractivity contribution in [2.24, 2.45) is 0 Å². The van der Waals surface area contributed by atoms with Crippen LogP contribution in [0.1, 0.15) is 28.3 Å². The van der Waals surface area contributed by atoms with Crippen molar-refractivity contribution in [3.63, 3.8) is 0 Å². The average Bonchev–Trinajstić information content (AvgIpc) is 2.77. The lowest BCUT2D eigenvalue weighted by Crippen LogP contribution is -2.40. The number of carbonyl (C=O) groups excluding carboxylic acids is 2. The molecular weight excluding hydrogens is 386 g/mol. The number of rotatable bonds is 8. The number of anilines is 1. The van der Waals surface area contributed by atoms with Gasteiger partial charge in [-0.2, -0.15) is 0 Å². The van der Waals surface area contributed by atoms with E-state index in [-0.39, 0.29) is 30.9 Å². The fourth-order valence-electron chi connectivity index (χ4n) is 3.61. The highest BCUT2D eigenvalue weighted by molar-refractivity contribution is 5.95. The molecular formula is C26H29N3O2. The molecule has 0 aliphatic rings. The van der Waals surface area contributed by atoms with Gasteiger partial charge in [-0.25, -0.2) is 0 Å². The fraction of sp³-hybridized carbons (Fsp3) is 0.231. The summed E-state index contributed by atoms with van der Waals surface area (Å²) in [6, 6.07) is 25.9. The smallest absolute Gasteiger partial charge is 0.243 e. The molecule has 0 aromatic heterocycles.